The van der Waals surface area contributed by atoms with Crippen LogP contribution in [0.5, 0.6) is 0 Å². The molecule has 3 N–H and O–H groups in total. The first-order valence-electron chi connectivity index (χ1n) is 6.77. The Morgan fingerprint density at radius 3 is 1.86 bits per heavy atom. The highest BCUT2D eigenvalue weighted by atomic mass is 79.9. The minimum atomic E-state index is 0.188. The molecular formula is C13H22Br3N5. The first-order chi connectivity index (χ1) is 9.99. The quantitative estimate of drug-likeness (QED) is 0.367. The van der Waals surface area contributed by atoms with E-state index in [1.807, 2.05) is 27.3 Å². The molecule has 0 fully saturated rings. The van der Waals surface area contributed by atoms with Crippen molar-refractivity contribution in [3.63, 3.8) is 0 Å². The van der Waals surface area contributed by atoms with E-state index in [1.165, 1.54) is 0 Å². The van der Waals surface area contributed by atoms with Crippen molar-refractivity contribution in [2.75, 3.05) is 21.1 Å². The first-order valence-corrected chi connectivity index (χ1v) is 9.52. The summed E-state index contributed by atoms with van der Waals surface area (Å²) in [5.41, 5.74) is 3.03. The third-order valence-electron chi connectivity index (χ3n) is 3.05. The molecule has 0 aliphatic carbocycles. The highest BCUT2D eigenvalue weighted by Crippen LogP contribution is 2.15. The minimum Gasteiger partial charge on any atom is -0.308 e. The molecule has 1 rings (SSSR count). The first kappa shape index (κ1) is 19.4. The van der Waals surface area contributed by atoms with E-state index in [-0.39, 0.29) is 14.9 Å². The smallest absolute Gasteiger partial charge is 0.0684 e. The second kappa shape index (κ2) is 10.2. The maximum Gasteiger partial charge on any atom is 0.0684 e. The summed E-state index contributed by atoms with van der Waals surface area (Å²) in [5.74, 6) is 0. The maximum atomic E-state index is 4.78. The van der Waals surface area contributed by atoms with E-state index in [9.17, 15) is 0 Å². The van der Waals surface area contributed by atoms with Gasteiger partial charge in [0.05, 0.1) is 31.9 Å². The number of aromatic nitrogens is 2. The van der Waals surface area contributed by atoms with Gasteiger partial charge in [-0.25, -0.2) is 0 Å². The van der Waals surface area contributed by atoms with Crippen LogP contribution in [0.3, 0.4) is 0 Å². The summed E-state index contributed by atoms with van der Waals surface area (Å²) >= 11 is 10.7. The lowest BCUT2D eigenvalue weighted by molar-refractivity contribution is 0.676. The molecule has 0 saturated heterocycles. The Labute approximate surface area is 151 Å². The molecule has 0 bridgehead atoms. The predicted molar refractivity (Wildman–Crippen MR) is 98.5 cm³/mol. The van der Waals surface area contributed by atoms with E-state index in [0.29, 0.717) is 0 Å². The fourth-order valence-corrected chi connectivity index (χ4v) is 2.70. The number of hydrogen-bond acceptors (Lipinski definition) is 5. The topological polar surface area (TPSA) is 61.9 Å². The molecule has 0 radical (unpaired) electrons. The molecule has 0 aliphatic heterocycles. The third-order valence-corrected chi connectivity index (χ3v) is 5.40. The molecule has 0 aromatic carbocycles. The zero-order chi connectivity index (χ0) is 15.8. The lowest BCUT2D eigenvalue weighted by atomic mass is 10.1. The SMILES string of the molecule is CNC(Br)Cc1cnc(CC(Br)NC)c(CC(Br)NC)n1. The number of halogens is 3. The Kier molecular flexibility index (Phi) is 9.47. The van der Waals surface area contributed by atoms with Crippen LogP contribution in [0.2, 0.25) is 0 Å². The second-order valence-electron chi connectivity index (χ2n) is 4.64. The van der Waals surface area contributed by atoms with Gasteiger partial charge in [0, 0.05) is 25.5 Å². The van der Waals surface area contributed by atoms with Crippen molar-refractivity contribution >= 4 is 47.8 Å². The summed E-state index contributed by atoms with van der Waals surface area (Å²) in [5, 5.41) is 9.50. The molecule has 0 aliphatic rings. The van der Waals surface area contributed by atoms with Crippen molar-refractivity contribution in [1.82, 2.24) is 25.9 Å². The molecule has 21 heavy (non-hydrogen) atoms. The second-order valence-corrected chi connectivity index (χ2v) is 7.95. The minimum absolute atomic E-state index is 0.188. The summed E-state index contributed by atoms with van der Waals surface area (Å²) in [7, 11) is 5.76. The molecule has 0 spiro atoms. The van der Waals surface area contributed by atoms with Crippen molar-refractivity contribution < 1.29 is 0 Å². The predicted octanol–water partition coefficient (Wildman–Crippen LogP) is 1.93. The number of alkyl halides is 3. The monoisotopic (exact) mass is 485 g/mol. The van der Waals surface area contributed by atoms with E-state index >= 15 is 0 Å². The van der Waals surface area contributed by atoms with Crippen molar-refractivity contribution in [3.8, 4) is 0 Å². The van der Waals surface area contributed by atoms with Gasteiger partial charge in [0.15, 0.2) is 0 Å². The molecule has 0 amide bonds. The van der Waals surface area contributed by atoms with Gasteiger partial charge in [0.25, 0.3) is 0 Å². The molecule has 120 valence electrons. The largest absolute Gasteiger partial charge is 0.308 e. The van der Waals surface area contributed by atoms with Gasteiger partial charge < -0.3 is 16.0 Å². The standard InChI is InChI=1S/C13H22Br3N5/c1-17-11(14)4-8-7-20-9(5-12(15)18-2)10(21-8)6-13(16)19-3/h7,11-13,17-19H,4-6H2,1-3H3. The fourth-order valence-electron chi connectivity index (χ4n) is 1.76. The van der Waals surface area contributed by atoms with Crippen LogP contribution in [0, 0.1) is 0 Å². The van der Waals surface area contributed by atoms with E-state index < -0.39 is 0 Å². The normalized spacial score (nSPS) is 15.7. The van der Waals surface area contributed by atoms with Gasteiger partial charge in [-0.15, -0.1) is 0 Å². The van der Waals surface area contributed by atoms with Crippen molar-refractivity contribution in [2.24, 2.45) is 0 Å². The molecule has 1 aromatic rings. The lowest BCUT2D eigenvalue weighted by Crippen LogP contribution is -2.26. The van der Waals surface area contributed by atoms with Crippen LogP contribution in [-0.2, 0) is 19.3 Å². The lowest BCUT2D eigenvalue weighted by Gasteiger charge is -2.16. The Morgan fingerprint density at radius 1 is 0.857 bits per heavy atom. The molecule has 3 unspecified atom stereocenters. The van der Waals surface area contributed by atoms with E-state index in [2.05, 4.69) is 68.7 Å². The summed E-state index contributed by atoms with van der Waals surface area (Å²) in [4.78, 5) is 9.98. The highest BCUT2D eigenvalue weighted by Gasteiger charge is 2.15. The van der Waals surface area contributed by atoms with E-state index in [1.54, 1.807) is 0 Å². The van der Waals surface area contributed by atoms with Gasteiger partial charge in [-0.2, -0.15) is 0 Å². The van der Waals surface area contributed by atoms with Crippen LogP contribution in [0.4, 0.5) is 0 Å². The summed E-state index contributed by atoms with van der Waals surface area (Å²) in [6.45, 7) is 0. The number of nitrogens with one attached hydrogen (secondary N) is 3. The van der Waals surface area contributed by atoms with Gasteiger partial charge in [-0.05, 0) is 21.1 Å². The third kappa shape index (κ3) is 7.00. The number of hydrogen-bond donors (Lipinski definition) is 3. The Hall–Kier alpha value is 0.400. The average molecular weight is 488 g/mol. The molecule has 5 nitrogen and oxygen atoms in total. The molecule has 0 saturated carbocycles. The summed E-state index contributed by atoms with van der Waals surface area (Å²) in [6, 6.07) is 0. The Bertz CT molecular complexity index is 432. The highest BCUT2D eigenvalue weighted by molar-refractivity contribution is 9.10. The zero-order valence-electron chi connectivity index (χ0n) is 12.5. The van der Waals surface area contributed by atoms with Crippen LogP contribution < -0.4 is 16.0 Å². The Balaban J connectivity index is 2.95. The van der Waals surface area contributed by atoms with Crippen LogP contribution in [0.15, 0.2) is 6.20 Å². The van der Waals surface area contributed by atoms with Crippen LogP contribution in [0.25, 0.3) is 0 Å². The van der Waals surface area contributed by atoms with Crippen molar-refractivity contribution in [3.05, 3.63) is 23.3 Å². The average Bonchev–Trinajstić information content (AvgIpc) is 2.49. The molecule has 1 heterocycles. The number of likely N-dealkylation sites (N-methyl/N-ethyl adjacent to an activating group) is 3. The molecular weight excluding hydrogens is 466 g/mol. The maximum absolute atomic E-state index is 4.78. The summed E-state index contributed by atoms with van der Waals surface area (Å²) < 4.78 is 0. The molecule has 8 heteroatoms. The zero-order valence-corrected chi connectivity index (χ0v) is 17.2. The fraction of sp³-hybridized carbons (Fsp3) is 0.692. The van der Waals surface area contributed by atoms with Crippen LogP contribution >= 0.6 is 47.8 Å². The summed E-state index contributed by atoms with van der Waals surface area (Å²) in [6.07, 6.45) is 4.25. The number of rotatable bonds is 9. The van der Waals surface area contributed by atoms with Crippen LogP contribution in [0.1, 0.15) is 17.1 Å². The van der Waals surface area contributed by atoms with Gasteiger partial charge >= 0.3 is 0 Å². The van der Waals surface area contributed by atoms with Crippen molar-refractivity contribution in [2.45, 2.75) is 34.1 Å². The van der Waals surface area contributed by atoms with Gasteiger partial charge in [0.1, 0.15) is 0 Å². The van der Waals surface area contributed by atoms with Gasteiger partial charge in [-0.1, -0.05) is 47.8 Å². The van der Waals surface area contributed by atoms with E-state index in [0.717, 1.165) is 36.3 Å². The van der Waals surface area contributed by atoms with Crippen molar-refractivity contribution in [1.29, 1.82) is 0 Å². The molecule has 1 aromatic heterocycles. The van der Waals surface area contributed by atoms with Gasteiger partial charge in [0.2, 0.25) is 0 Å². The molecule has 3 atom stereocenters. The van der Waals surface area contributed by atoms with Crippen LogP contribution in [-0.4, -0.2) is 46.0 Å². The number of nitrogens with zero attached hydrogens (tertiary/aromatic N) is 2. The Morgan fingerprint density at radius 2 is 1.33 bits per heavy atom. The van der Waals surface area contributed by atoms with E-state index in [4.69, 9.17) is 4.98 Å². The van der Waals surface area contributed by atoms with Gasteiger partial charge in [-0.3, -0.25) is 9.97 Å².